The van der Waals surface area contributed by atoms with Gasteiger partial charge in [-0.15, -0.1) is 0 Å². The summed E-state index contributed by atoms with van der Waals surface area (Å²) in [6, 6.07) is 7.75. The molecule has 0 spiro atoms. The molecule has 1 aliphatic rings. The van der Waals surface area contributed by atoms with E-state index in [1.807, 2.05) is 49.5 Å². The van der Waals surface area contributed by atoms with E-state index in [0.717, 1.165) is 36.1 Å². The maximum absolute atomic E-state index is 8.66. The largest absolute Gasteiger partial charge is 0.496 e. The molecule has 174 valence electrons. The number of nitrogens with one attached hydrogen (secondary N) is 4. The van der Waals surface area contributed by atoms with Crippen molar-refractivity contribution < 1.29 is 4.74 Å². The van der Waals surface area contributed by atoms with E-state index in [9.17, 15) is 0 Å². The third-order valence-corrected chi connectivity index (χ3v) is 6.68. The molecule has 1 saturated heterocycles. The highest BCUT2D eigenvalue weighted by Crippen LogP contribution is 2.33. The smallest absolute Gasteiger partial charge is 0.162 e. The molecule has 0 aliphatic carbocycles. The van der Waals surface area contributed by atoms with Gasteiger partial charge in [-0.3, -0.25) is 10.8 Å². The van der Waals surface area contributed by atoms with Crippen LogP contribution in [-0.2, 0) is 0 Å². The van der Waals surface area contributed by atoms with Gasteiger partial charge < -0.3 is 20.3 Å². The predicted octanol–water partition coefficient (Wildman–Crippen LogP) is 4.16. The van der Waals surface area contributed by atoms with E-state index >= 15 is 0 Å². The monoisotopic (exact) mass is 457 g/mol. The number of aromatic nitrogens is 2. The second-order valence-corrected chi connectivity index (χ2v) is 10.6. The molecule has 2 heterocycles. The molecule has 0 amide bonds. The van der Waals surface area contributed by atoms with Crippen molar-refractivity contribution >= 4 is 27.8 Å². The third kappa shape index (κ3) is 5.45. The Balaban J connectivity index is 1.74. The van der Waals surface area contributed by atoms with Crippen LogP contribution in [0.4, 0.5) is 5.82 Å². The zero-order valence-corrected chi connectivity index (χ0v) is 20.9. The summed E-state index contributed by atoms with van der Waals surface area (Å²) in [4.78, 5) is 2.01. The molecular formula is C23H35N7OS. The summed E-state index contributed by atoms with van der Waals surface area (Å²) in [6.07, 6.45) is 3.76. The first-order chi connectivity index (χ1) is 14.9. The van der Waals surface area contributed by atoms with E-state index < -0.39 is 0 Å². The number of hydrogen-bond acceptors (Lipinski definition) is 7. The molecule has 0 bridgehead atoms. The molecule has 1 fully saturated rings. The number of piperidine rings is 1. The number of hydrogen-bond donors (Lipinski definition) is 4. The van der Waals surface area contributed by atoms with Gasteiger partial charge in [0.2, 0.25) is 0 Å². The molecule has 8 nitrogen and oxygen atoms in total. The minimum atomic E-state index is -0.00214. The maximum Gasteiger partial charge on any atom is 0.162 e. The molecule has 2 aromatic rings. The van der Waals surface area contributed by atoms with Crippen molar-refractivity contribution in [1.29, 1.82) is 10.8 Å². The van der Waals surface area contributed by atoms with Crippen molar-refractivity contribution in [2.75, 3.05) is 26.5 Å². The number of amidine groups is 1. The first-order valence-electron chi connectivity index (χ1n) is 10.7. The van der Waals surface area contributed by atoms with Crippen LogP contribution in [0.1, 0.15) is 46.1 Å². The summed E-state index contributed by atoms with van der Waals surface area (Å²) in [5, 5.41) is 29.1. The van der Waals surface area contributed by atoms with Gasteiger partial charge in [0, 0.05) is 55.1 Å². The Labute approximate surface area is 195 Å². The molecule has 9 heteroatoms. The summed E-state index contributed by atoms with van der Waals surface area (Å²) >= 11 is 1.15. The van der Waals surface area contributed by atoms with Gasteiger partial charge >= 0.3 is 0 Å². The highest BCUT2D eigenvalue weighted by molar-refractivity contribution is 8.26. The Kier molecular flexibility index (Phi) is 6.90. The number of ether oxygens (including phenoxy) is 1. The molecule has 0 saturated carbocycles. The van der Waals surface area contributed by atoms with Crippen LogP contribution in [-0.4, -0.2) is 63.2 Å². The van der Waals surface area contributed by atoms with Crippen LogP contribution in [0.2, 0.25) is 0 Å². The Morgan fingerprint density at radius 2 is 1.88 bits per heavy atom. The van der Waals surface area contributed by atoms with Crippen molar-refractivity contribution in [1.82, 2.24) is 20.0 Å². The van der Waals surface area contributed by atoms with Crippen LogP contribution in [0, 0.1) is 10.8 Å². The van der Waals surface area contributed by atoms with Gasteiger partial charge in [-0.25, -0.2) is 4.68 Å². The zero-order chi connectivity index (χ0) is 23.7. The minimum Gasteiger partial charge on any atom is -0.496 e. The number of benzene rings is 1. The molecule has 1 aromatic carbocycles. The molecule has 3 rings (SSSR count). The van der Waals surface area contributed by atoms with Gasteiger partial charge in [0.25, 0.3) is 0 Å². The van der Waals surface area contributed by atoms with Gasteiger partial charge in [0.05, 0.1) is 12.8 Å². The molecular weight excluding hydrogens is 422 g/mol. The predicted molar refractivity (Wildman–Crippen MR) is 134 cm³/mol. The molecule has 1 aromatic heterocycles. The van der Waals surface area contributed by atoms with Gasteiger partial charge in [0.15, 0.2) is 5.17 Å². The lowest BCUT2D eigenvalue weighted by atomic mass is 9.79. The second kappa shape index (κ2) is 9.15. The fourth-order valence-corrected chi connectivity index (χ4v) is 5.31. The standard InChI is InChI=1S/C23H35N7OS/c1-22(2)13-16(14-23(3,4)28-22)29(6)21(25)32-20(24)17-9-8-15(12-18(17)31-7)30-11-10-19(26-5)27-30/h8-12,16,24-25,28H,13-14H2,1-7H3,(H,26,27). The van der Waals surface area contributed by atoms with Crippen molar-refractivity contribution in [3.05, 3.63) is 36.0 Å². The van der Waals surface area contributed by atoms with E-state index in [0.29, 0.717) is 16.5 Å². The maximum atomic E-state index is 8.66. The Hall–Kier alpha value is -2.52. The number of thioether (sulfide) groups is 1. The van der Waals surface area contributed by atoms with Crippen LogP contribution in [0.25, 0.3) is 5.69 Å². The summed E-state index contributed by atoms with van der Waals surface area (Å²) in [5.74, 6) is 1.36. The molecule has 1 aliphatic heterocycles. The first kappa shape index (κ1) is 24.1. The molecule has 0 atom stereocenters. The topological polar surface area (TPSA) is 102 Å². The Morgan fingerprint density at radius 1 is 1.22 bits per heavy atom. The Bertz CT molecular complexity index is 982. The molecule has 32 heavy (non-hydrogen) atoms. The molecule has 4 N–H and O–H groups in total. The van der Waals surface area contributed by atoms with E-state index in [4.69, 9.17) is 15.6 Å². The normalized spacial score (nSPS) is 17.6. The van der Waals surface area contributed by atoms with E-state index in [-0.39, 0.29) is 22.2 Å². The Morgan fingerprint density at radius 3 is 2.44 bits per heavy atom. The van der Waals surface area contributed by atoms with Crippen LogP contribution in [0.15, 0.2) is 30.5 Å². The van der Waals surface area contributed by atoms with Crippen LogP contribution < -0.4 is 15.4 Å². The number of anilines is 1. The van der Waals surface area contributed by atoms with Crippen LogP contribution >= 0.6 is 11.8 Å². The van der Waals surface area contributed by atoms with E-state index in [1.165, 1.54) is 0 Å². The van der Waals surface area contributed by atoms with Crippen molar-refractivity contribution in [2.45, 2.75) is 57.7 Å². The van der Waals surface area contributed by atoms with E-state index in [2.05, 4.69) is 43.4 Å². The summed E-state index contributed by atoms with van der Waals surface area (Å²) in [5.41, 5.74) is 1.50. The van der Waals surface area contributed by atoms with Gasteiger partial charge in [0.1, 0.15) is 16.6 Å². The summed E-state index contributed by atoms with van der Waals surface area (Å²) < 4.78 is 7.33. The second-order valence-electron chi connectivity index (χ2n) is 9.58. The first-order valence-corrected chi connectivity index (χ1v) is 11.6. The van der Waals surface area contributed by atoms with Gasteiger partial charge in [-0.2, -0.15) is 5.10 Å². The number of methoxy groups -OCH3 is 1. The number of nitrogens with zero attached hydrogens (tertiary/aromatic N) is 3. The highest BCUT2D eigenvalue weighted by Gasteiger charge is 2.39. The van der Waals surface area contributed by atoms with Gasteiger partial charge in [-0.1, -0.05) is 0 Å². The average Bonchev–Trinajstić information content (AvgIpc) is 3.19. The van der Waals surface area contributed by atoms with Crippen molar-refractivity contribution in [3.8, 4) is 11.4 Å². The van der Waals surface area contributed by atoms with Crippen LogP contribution in [0.3, 0.4) is 0 Å². The van der Waals surface area contributed by atoms with E-state index in [1.54, 1.807) is 11.8 Å². The van der Waals surface area contributed by atoms with Crippen molar-refractivity contribution in [3.63, 3.8) is 0 Å². The average molecular weight is 458 g/mol. The quantitative estimate of drug-likeness (QED) is 0.397. The lowest BCUT2D eigenvalue weighted by Gasteiger charge is -2.49. The number of rotatable bonds is 5. The third-order valence-electron chi connectivity index (χ3n) is 5.77. The van der Waals surface area contributed by atoms with Crippen LogP contribution in [0.5, 0.6) is 5.75 Å². The fourth-order valence-electron chi connectivity index (χ4n) is 4.54. The van der Waals surface area contributed by atoms with Gasteiger partial charge in [-0.05, 0) is 64.4 Å². The SMILES string of the molecule is CNc1ccn(-c2ccc(C(=N)SC(=N)N(C)C3CC(C)(C)NC(C)(C)C3)c(OC)c2)n1. The molecule has 0 radical (unpaired) electrons. The van der Waals surface area contributed by atoms with Crippen molar-refractivity contribution in [2.24, 2.45) is 0 Å². The highest BCUT2D eigenvalue weighted by atomic mass is 32.2. The zero-order valence-electron chi connectivity index (χ0n) is 20.0. The fraction of sp³-hybridized carbons (Fsp3) is 0.522. The summed E-state index contributed by atoms with van der Waals surface area (Å²) in [6.45, 7) is 8.83. The summed E-state index contributed by atoms with van der Waals surface area (Å²) in [7, 11) is 5.38. The lowest BCUT2D eigenvalue weighted by molar-refractivity contribution is 0.114. The lowest BCUT2D eigenvalue weighted by Crippen LogP contribution is -2.62. The molecule has 0 unspecified atom stereocenters. The minimum absolute atomic E-state index is 0.00214.